The molecule has 0 saturated carbocycles. The molecule has 0 aliphatic carbocycles. The van der Waals surface area contributed by atoms with E-state index in [4.69, 9.17) is 9.84 Å². The van der Waals surface area contributed by atoms with Crippen LogP contribution in [0, 0.1) is 10.1 Å². The molecule has 0 heterocycles. The number of rotatable bonds is 7. The van der Waals surface area contributed by atoms with Crippen molar-refractivity contribution in [1.29, 1.82) is 0 Å². The van der Waals surface area contributed by atoms with Crippen LogP contribution in [0.2, 0.25) is 0 Å². The first kappa shape index (κ1) is 13.8. The Morgan fingerprint density at radius 2 is 2.28 bits per heavy atom. The third-order valence-electron chi connectivity index (χ3n) is 2.07. The Bertz CT molecular complexity index is 447. The highest BCUT2D eigenvalue weighted by Crippen LogP contribution is 2.34. The number of para-hydroxylation sites is 1. The Balaban J connectivity index is 3.01. The maximum atomic E-state index is 11.0. The number of nitro groups is 1. The van der Waals surface area contributed by atoms with E-state index in [-0.39, 0.29) is 17.1 Å². The molecule has 0 unspecified atom stereocenters. The minimum absolute atomic E-state index is 0.135. The first-order chi connectivity index (χ1) is 8.56. The Morgan fingerprint density at radius 3 is 2.83 bits per heavy atom. The molecular formula is C11H14N2O5. The van der Waals surface area contributed by atoms with Crippen LogP contribution >= 0.6 is 0 Å². The summed E-state index contributed by atoms with van der Waals surface area (Å²) in [4.78, 5) is 20.8. The Kier molecular flexibility index (Phi) is 4.91. The van der Waals surface area contributed by atoms with E-state index in [9.17, 15) is 14.9 Å². The third-order valence-corrected chi connectivity index (χ3v) is 2.07. The summed E-state index contributed by atoms with van der Waals surface area (Å²) in [6.45, 7) is 1.86. The zero-order valence-electron chi connectivity index (χ0n) is 9.88. The number of nitro benzene ring substituents is 1. The third kappa shape index (κ3) is 3.62. The molecule has 0 radical (unpaired) electrons. The normalized spacial score (nSPS) is 9.83. The van der Waals surface area contributed by atoms with Gasteiger partial charge in [-0.25, -0.2) is 0 Å². The molecule has 0 aliphatic rings. The van der Waals surface area contributed by atoms with Gasteiger partial charge in [-0.05, 0) is 18.6 Å². The lowest BCUT2D eigenvalue weighted by molar-refractivity contribution is -0.384. The van der Waals surface area contributed by atoms with Gasteiger partial charge in [0, 0.05) is 0 Å². The highest BCUT2D eigenvalue weighted by Gasteiger charge is 2.21. The molecule has 98 valence electrons. The van der Waals surface area contributed by atoms with Crippen LogP contribution in [0.1, 0.15) is 13.3 Å². The van der Waals surface area contributed by atoms with E-state index in [1.54, 1.807) is 6.07 Å². The second-order valence-corrected chi connectivity index (χ2v) is 3.51. The van der Waals surface area contributed by atoms with Gasteiger partial charge in [0.25, 0.3) is 0 Å². The Hall–Kier alpha value is -2.31. The van der Waals surface area contributed by atoms with Gasteiger partial charge in [-0.1, -0.05) is 13.0 Å². The second kappa shape index (κ2) is 6.43. The molecule has 0 atom stereocenters. The molecule has 1 aromatic carbocycles. The number of aliphatic carboxylic acids is 1. The van der Waals surface area contributed by atoms with Gasteiger partial charge in [0.1, 0.15) is 12.2 Å². The van der Waals surface area contributed by atoms with Crippen LogP contribution < -0.4 is 10.1 Å². The minimum Gasteiger partial charge on any atom is -0.487 e. The first-order valence-corrected chi connectivity index (χ1v) is 5.42. The van der Waals surface area contributed by atoms with Gasteiger partial charge in [0.2, 0.25) is 0 Å². The molecule has 18 heavy (non-hydrogen) atoms. The molecule has 0 spiro atoms. The SMILES string of the molecule is CCCOc1cccc(NCC(=O)O)c1[N+](=O)[O-]. The molecule has 1 aromatic rings. The van der Waals surface area contributed by atoms with E-state index in [1.165, 1.54) is 12.1 Å². The molecule has 0 amide bonds. The molecule has 7 nitrogen and oxygen atoms in total. The number of benzene rings is 1. The summed E-state index contributed by atoms with van der Waals surface area (Å²) in [5, 5.41) is 22.0. The molecule has 1 rings (SSSR count). The Morgan fingerprint density at radius 1 is 1.56 bits per heavy atom. The molecule has 0 fully saturated rings. The number of hydrogen-bond donors (Lipinski definition) is 2. The highest BCUT2D eigenvalue weighted by molar-refractivity contribution is 5.76. The summed E-state index contributed by atoms with van der Waals surface area (Å²) >= 11 is 0. The van der Waals surface area contributed by atoms with Gasteiger partial charge in [-0.2, -0.15) is 0 Å². The lowest BCUT2D eigenvalue weighted by atomic mass is 10.2. The van der Waals surface area contributed by atoms with Crippen molar-refractivity contribution in [1.82, 2.24) is 0 Å². The molecule has 0 bridgehead atoms. The smallest absolute Gasteiger partial charge is 0.333 e. The van der Waals surface area contributed by atoms with Gasteiger partial charge >= 0.3 is 11.7 Å². The van der Waals surface area contributed by atoms with Gasteiger partial charge in [0.15, 0.2) is 5.75 Å². The van der Waals surface area contributed by atoms with Crippen molar-refractivity contribution >= 4 is 17.3 Å². The summed E-state index contributed by atoms with van der Waals surface area (Å²) in [5.74, 6) is -0.957. The fourth-order valence-electron chi connectivity index (χ4n) is 1.35. The molecule has 0 aliphatic heterocycles. The van der Waals surface area contributed by atoms with Gasteiger partial charge in [0.05, 0.1) is 11.5 Å². The van der Waals surface area contributed by atoms with Crippen molar-refractivity contribution in [3.05, 3.63) is 28.3 Å². The molecule has 7 heteroatoms. The number of nitrogens with one attached hydrogen (secondary N) is 1. The lowest BCUT2D eigenvalue weighted by Gasteiger charge is -2.09. The topological polar surface area (TPSA) is 102 Å². The number of hydrogen-bond acceptors (Lipinski definition) is 5. The first-order valence-electron chi connectivity index (χ1n) is 5.42. The van der Waals surface area contributed by atoms with Gasteiger partial charge in [-0.3, -0.25) is 14.9 Å². The van der Waals surface area contributed by atoms with E-state index in [0.717, 1.165) is 6.42 Å². The van der Waals surface area contributed by atoms with Gasteiger partial charge < -0.3 is 15.2 Å². The van der Waals surface area contributed by atoms with Crippen molar-refractivity contribution < 1.29 is 19.6 Å². The average Bonchev–Trinajstić information content (AvgIpc) is 2.33. The van der Waals surface area contributed by atoms with Crippen LogP contribution in [0.5, 0.6) is 5.75 Å². The molecule has 2 N–H and O–H groups in total. The molecule has 0 aromatic heterocycles. The maximum Gasteiger partial charge on any atom is 0.333 e. The zero-order valence-corrected chi connectivity index (χ0v) is 9.88. The van der Waals surface area contributed by atoms with Crippen molar-refractivity contribution in [2.75, 3.05) is 18.5 Å². The number of nitrogens with zero attached hydrogens (tertiary/aromatic N) is 1. The van der Waals surface area contributed by atoms with Crippen molar-refractivity contribution in [2.45, 2.75) is 13.3 Å². The summed E-state index contributed by atoms with van der Waals surface area (Å²) in [7, 11) is 0. The quantitative estimate of drug-likeness (QED) is 0.569. The summed E-state index contributed by atoms with van der Waals surface area (Å²) in [5.41, 5.74) is -0.108. The molecule has 0 saturated heterocycles. The van der Waals surface area contributed by atoms with E-state index in [2.05, 4.69) is 5.32 Å². The summed E-state index contributed by atoms with van der Waals surface area (Å²) in [6.07, 6.45) is 0.726. The predicted octanol–water partition coefficient (Wildman–Crippen LogP) is 1.88. The summed E-state index contributed by atoms with van der Waals surface area (Å²) < 4.78 is 5.27. The Labute approximate surface area is 104 Å². The van der Waals surface area contributed by atoms with Crippen LogP contribution in [0.4, 0.5) is 11.4 Å². The van der Waals surface area contributed by atoms with Crippen LogP contribution in [0.15, 0.2) is 18.2 Å². The van der Waals surface area contributed by atoms with Crippen LogP contribution in [0.25, 0.3) is 0 Å². The fourth-order valence-corrected chi connectivity index (χ4v) is 1.35. The van der Waals surface area contributed by atoms with Gasteiger partial charge in [-0.15, -0.1) is 0 Å². The lowest BCUT2D eigenvalue weighted by Crippen LogP contribution is -2.13. The van der Waals surface area contributed by atoms with Crippen molar-refractivity contribution in [3.8, 4) is 5.75 Å². The van der Waals surface area contributed by atoms with E-state index in [1.807, 2.05) is 6.92 Å². The number of ether oxygens (including phenoxy) is 1. The maximum absolute atomic E-state index is 11.0. The number of carboxylic acids is 1. The monoisotopic (exact) mass is 254 g/mol. The van der Waals surface area contributed by atoms with E-state index >= 15 is 0 Å². The van der Waals surface area contributed by atoms with E-state index in [0.29, 0.717) is 6.61 Å². The largest absolute Gasteiger partial charge is 0.487 e. The number of carbonyl (C=O) groups is 1. The average molecular weight is 254 g/mol. The van der Waals surface area contributed by atoms with E-state index < -0.39 is 17.4 Å². The number of anilines is 1. The van der Waals surface area contributed by atoms with Crippen LogP contribution in [-0.2, 0) is 4.79 Å². The van der Waals surface area contributed by atoms with Crippen LogP contribution in [0.3, 0.4) is 0 Å². The predicted molar refractivity (Wildman–Crippen MR) is 65.0 cm³/mol. The molecular weight excluding hydrogens is 240 g/mol. The fraction of sp³-hybridized carbons (Fsp3) is 0.364. The van der Waals surface area contributed by atoms with Crippen molar-refractivity contribution in [2.24, 2.45) is 0 Å². The minimum atomic E-state index is -1.09. The number of carboxylic acid groups (broad SMARTS) is 1. The highest BCUT2D eigenvalue weighted by atomic mass is 16.6. The van der Waals surface area contributed by atoms with Crippen LogP contribution in [-0.4, -0.2) is 29.2 Å². The standard InChI is InChI=1S/C11H14N2O5/c1-2-6-18-9-5-3-4-8(11(9)13(16)17)12-7-10(14)15/h3-5,12H,2,6-7H2,1H3,(H,14,15). The second-order valence-electron chi connectivity index (χ2n) is 3.51. The van der Waals surface area contributed by atoms with Crippen molar-refractivity contribution in [3.63, 3.8) is 0 Å². The summed E-state index contributed by atoms with van der Waals surface area (Å²) in [6, 6.07) is 4.50. The zero-order chi connectivity index (χ0) is 13.5.